The number of rotatable bonds is 9. The van der Waals surface area contributed by atoms with Gasteiger partial charge < -0.3 is 33.2 Å². The van der Waals surface area contributed by atoms with Gasteiger partial charge in [-0.25, -0.2) is 9.59 Å². The lowest BCUT2D eigenvalue weighted by Gasteiger charge is -2.21. The van der Waals surface area contributed by atoms with Crippen LogP contribution in [0.15, 0.2) is 63.9 Å². The lowest BCUT2D eigenvalue weighted by molar-refractivity contribution is -0.140. The lowest BCUT2D eigenvalue weighted by Crippen LogP contribution is -2.40. The number of ether oxygens (including phenoxy) is 5. The predicted molar refractivity (Wildman–Crippen MR) is 138 cm³/mol. The van der Waals surface area contributed by atoms with Crippen molar-refractivity contribution in [3.05, 3.63) is 76.5 Å². The van der Waals surface area contributed by atoms with E-state index in [4.69, 9.17) is 28.1 Å². The molecule has 1 fully saturated rings. The molecule has 1 amide bonds. The second-order valence-corrected chi connectivity index (χ2v) is 8.97. The number of nitrogens with zero attached hydrogens (tertiary/aromatic N) is 2. The fourth-order valence-electron chi connectivity index (χ4n) is 4.11. The van der Waals surface area contributed by atoms with E-state index in [1.165, 1.54) is 0 Å². The summed E-state index contributed by atoms with van der Waals surface area (Å²) in [6, 6.07) is 13.3. The number of benzene rings is 2. The number of nitrogens with one attached hydrogen (secondary N) is 1. The molecular weight excluding hydrogens is 548 g/mol. The number of alkyl halides is 2. The SMILES string of the molecule is COc1cc(OC)c2oc(COc3ccc(COC(=O)Nc4ccn([C@@H]5OC[C@@H](O)C5(F)F)c(=O)n4)cc3)cc2c1. The zero-order valence-corrected chi connectivity index (χ0v) is 21.8. The molecule has 0 aliphatic carbocycles. The summed E-state index contributed by atoms with van der Waals surface area (Å²) in [6.07, 6.45) is -3.97. The van der Waals surface area contributed by atoms with E-state index in [1.807, 2.05) is 12.1 Å². The fourth-order valence-corrected chi connectivity index (χ4v) is 4.11. The van der Waals surface area contributed by atoms with E-state index < -0.39 is 36.6 Å². The van der Waals surface area contributed by atoms with E-state index in [0.29, 0.717) is 38.7 Å². The average molecular weight is 574 g/mol. The number of hydrogen-bond donors (Lipinski definition) is 2. The highest BCUT2D eigenvalue weighted by atomic mass is 19.3. The van der Waals surface area contributed by atoms with Crippen LogP contribution in [0.1, 0.15) is 17.6 Å². The summed E-state index contributed by atoms with van der Waals surface area (Å²) in [5, 5.41) is 12.4. The Balaban J connectivity index is 1.12. The van der Waals surface area contributed by atoms with Crippen LogP contribution in [0.3, 0.4) is 0 Å². The maximum absolute atomic E-state index is 14.0. The topological polar surface area (TPSA) is 144 Å². The number of carbonyl (C=O) groups is 1. The maximum atomic E-state index is 14.0. The van der Waals surface area contributed by atoms with E-state index in [0.717, 1.165) is 17.6 Å². The van der Waals surface area contributed by atoms with Gasteiger partial charge in [0, 0.05) is 17.6 Å². The second kappa shape index (κ2) is 11.4. The molecule has 0 bridgehead atoms. The first-order valence-electron chi connectivity index (χ1n) is 12.2. The van der Waals surface area contributed by atoms with Crippen LogP contribution in [0.25, 0.3) is 11.0 Å². The van der Waals surface area contributed by atoms with E-state index in [1.54, 1.807) is 44.6 Å². The Labute approximate surface area is 231 Å². The molecule has 0 radical (unpaired) electrons. The molecule has 216 valence electrons. The number of halogens is 2. The largest absolute Gasteiger partial charge is 0.497 e. The minimum atomic E-state index is -3.67. The van der Waals surface area contributed by atoms with Crippen LogP contribution < -0.4 is 25.2 Å². The standard InChI is InChI=1S/C27H25F2N3O9/c1-36-18-9-16-10-19(41-23(16)20(11-18)37-2)13-38-17-5-3-15(4-6-17)12-40-26(35)31-22-7-8-32(25(34)30-22)24-27(28,29)21(33)14-39-24/h3-11,21,24,33H,12-14H2,1-2H3,(H,30,31,34,35)/t21-,24-/m1/s1. The van der Waals surface area contributed by atoms with Gasteiger partial charge in [-0.1, -0.05) is 12.1 Å². The smallest absolute Gasteiger partial charge is 0.413 e. The number of carbonyl (C=O) groups excluding carboxylic acids is 1. The summed E-state index contributed by atoms with van der Waals surface area (Å²) in [7, 11) is 3.11. The van der Waals surface area contributed by atoms with Crippen LogP contribution in [0.4, 0.5) is 19.4 Å². The molecule has 2 aromatic heterocycles. The third kappa shape index (κ3) is 5.93. The number of aliphatic hydroxyl groups is 1. The number of methoxy groups -OCH3 is 2. The maximum Gasteiger partial charge on any atom is 0.413 e. The first-order chi connectivity index (χ1) is 19.7. The molecule has 2 N–H and O–H groups in total. The number of aromatic nitrogens is 2. The van der Waals surface area contributed by atoms with Gasteiger partial charge in [0.15, 0.2) is 11.3 Å². The number of anilines is 1. The molecule has 3 heterocycles. The minimum Gasteiger partial charge on any atom is -0.497 e. The highest BCUT2D eigenvalue weighted by Gasteiger charge is 2.54. The number of amides is 1. The van der Waals surface area contributed by atoms with Crippen molar-refractivity contribution in [3.63, 3.8) is 0 Å². The number of hydrogen-bond acceptors (Lipinski definition) is 10. The minimum absolute atomic E-state index is 0.103. The Bertz CT molecular complexity index is 1600. The van der Waals surface area contributed by atoms with E-state index >= 15 is 0 Å². The van der Waals surface area contributed by atoms with Crippen LogP contribution >= 0.6 is 0 Å². The number of furan rings is 1. The summed E-state index contributed by atoms with van der Waals surface area (Å²) >= 11 is 0. The molecule has 1 aliphatic heterocycles. The van der Waals surface area contributed by atoms with Gasteiger partial charge in [-0.05, 0) is 35.9 Å². The molecule has 0 saturated carbocycles. The molecular formula is C27H25F2N3O9. The molecule has 0 unspecified atom stereocenters. The molecule has 41 heavy (non-hydrogen) atoms. The van der Waals surface area contributed by atoms with Gasteiger partial charge in [-0.3, -0.25) is 9.88 Å². The predicted octanol–water partition coefficient (Wildman–Crippen LogP) is 3.86. The van der Waals surface area contributed by atoms with Crippen molar-refractivity contribution in [1.29, 1.82) is 0 Å². The van der Waals surface area contributed by atoms with E-state index in [2.05, 4.69) is 10.3 Å². The first-order valence-corrected chi connectivity index (χ1v) is 12.2. The third-order valence-corrected chi connectivity index (χ3v) is 6.23. The fraction of sp³-hybridized carbons (Fsp3) is 0.296. The van der Waals surface area contributed by atoms with Gasteiger partial charge in [-0.15, -0.1) is 0 Å². The van der Waals surface area contributed by atoms with Gasteiger partial charge in [0.1, 0.15) is 42.4 Å². The van der Waals surface area contributed by atoms with Gasteiger partial charge in [0.25, 0.3) is 0 Å². The van der Waals surface area contributed by atoms with Crippen molar-refractivity contribution < 1.29 is 46.8 Å². The Morgan fingerprint density at radius 1 is 1.12 bits per heavy atom. The highest BCUT2D eigenvalue weighted by molar-refractivity contribution is 5.85. The summed E-state index contributed by atoms with van der Waals surface area (Å²) in [5.41, 5.74) is 0.132. The summed E-state index contributed by atoms with van der Waals surface area (Å²) in [5.74, 6) is -1.56. The quantitative estimate of drug-likeness (QED) is 0.303. The number of fused-ring (bicyclic) bond motifs is 1. The van der Waals surface area contributed by atoms with Crippen LogP contribution in [-0.2, 0) is 22.7 Å². The molecule has 0 spiro atoms. The highest BCUT2D eigenvalue weighted by Crippen LogP contribution is 2.38. The molecule has 5 rings (SSSR count). The molecule has 2 aromatic carbocycles. The van der Waals surface area contributed by atoms with E-state index in [9.17, 15) is 23.5 Å². The average Bonchev–Trinajstić information content (AvgIpc) is 3.50. The number of aliphatic hydroxyl groups excluding tert-OH is 1. The normalized spacial score (nSPS) is 17.8. The zero-order valence-electron chi connectivity index (χ0n) is 21.8. The lowest BCUT2D eigenvalue weighted by atomic mass is 10.2. The Kier molecular flexibility index (Phi) is 7.77. The molecule has 2 atom stereocenters. The van der Waals surface area contributed by atoms with Crippen molar-refractivity contribution in [2.24, 2.45) is 0 Å². The molecule has 1 saturated heterocycles. The summed E-state index contributed by atoms with van der Waals surface area (Å²) < 4.78 is 60.8. The van der Waals surface area contributed by atoms with Crippen LogP contribution in [0.2, 0.25) is 0 Å². The summed E-state index contributed by atoms with van der Waals surface area (Å²) in [4.78, 5) is 27.9. The summed E-state index contributed by atoms with van der Waals surface area (Å²) in [6.45, 7) is -0.569. The molecule has 12 nitrogen and oxygen atoms in total. The van der Waals surface area contributed by atoms with Gasteiger partial charge in [0.2, 0.25) is 6.23 Å². The Hall–Kier alpha value is -4.69. The van der Waals surface area contributed by atoms with Gasteiger partial charge in [-0.2, -0.15) is 13.8 Å². The van der Waals surface area contributed by atoms with Crippen LogP contribution in [0.5, 0.6) is 17.2 Å². The van der Waals surface area contributed by atoms with Gasteiger partial charge in [0.05, 0.1) is 20.8 Å². The van der Waals surface area contributed by atoms with Crippen molar-refractivity contribution >= 4 is 22.9 Å². The Morgan fingerprint density at radius 2 is 1.90 bits per heavy atom. The van der Waals surface area contributed by atoms with Crippen molar-refractivity contribution in [2.75, 3.05) is 26.1 Å². The van der Waals surface area contributed by atoms with Crippen LogP contribution in [-0.4, -0.2) is 53.6 Å². The van der Waals surface area contributed by atoms with Crippen LogP contribution in [0, 0.1) is 0 Å². The first kappa shape index (κ1) is 27.9. The van der Waals surface area contributed by atoms with E-state index in [-0.39, 0.29) is 19.0 Å². The third-order valence-electron chi connectivity index (χ3n) is 6.23. The van der Waals surface area contributed by atoms with Crippen molar-refractivity contribution in [1.82, 2.24) is 9.55 Å². The molecule has 4 aromatic rings. The van der Waals surface area contributed by atoms with Crippen molar-refractivity contribution in [2.45, 2.75) is 31.5 Å². The zero-order chi connectivity index (χ0) is 29.1. The monoisotopic (exact) mass is 573 g/mol. The second-order valence-electron chi connectivity index (χ2n) is 8.97. The molecule has 14 heteroatoms. The Morgan fingerprint density at radius 3 is 2.56 bits per heavy atom. The van der Waals surface area contributed by atoms with Crippen molar-refractivity contribution in [3.8, 4) is 17.2 Å². The van der Waals surface area contributed by atoms with Gasteiger partial charge >= 0.3 is 17.7 Å². The molecule has 1 aliphatic rings.